The molecular formula is C18H21N5O. The van der Waals surface area contributed by atoms with Gasteiger partial charge in [-0.25, -0.2) is 9.97 Å². The Kier molecular flexibility index (Phi) is 3.59. The van der Waals surface area contributed by atoms with Crippen LogP contribution in [0.4, 0.5) is 23.1 Å². The number of fused-ring (bicyclic) bond motifs is 2. The van der Waals surface area contributed by atoms with Gasteiger partial charge in [0, 0.05) is 32.9 Å². The van der Waals surface area contributed by atoms with Gasteiger partial charge >= 0.3 is 0 Å². The second-order valence-corrected chi connectivity index (χ2v) is 6.19. The zero-order valence-corrected chi connectivity index (χ0v) is 14.1. The Labute approximate surface area is 141 Å². The molecule has 0 bridgehead atoms. The van der Waals surface area contributed by atoms with Gasteiger partial charge in [0.1, 0.15) is 11.6 Å². The second-order valence-electron chi connectivity index (χ2n) is 6.19. The number of nitrogens with zero attached hydrogens (tertiary/aromatic N) is 5. The van der Waals surface area contributed by atoms with Gasteiger partial charge in [0.05, 0.1) is 11.3 Å². The number of anilines is 4. The first kappa shape index (κ1) is 14.9. The molecule has 0 spiro atoms. The highest BCUT2D eigenvalue weighted by molar-refractivity contribution is 6.12. The molecule has 6 nitrogen and oxygen atoms in total. The lowest BCUT2D eigenvalue weighted by Crippen LogP contribution is -2.26. The van der Waals surface area contributed by atoms with Gasteiger partial charge < -0.3 is 14.7 Å². The molecule has 2 aromatic rings. The SMILES string of the molecule is CCN1c2ncccc2C(=O)N(C)c2ccc(N3CCCC3)nc21. The third kappa shape index (κ3) is 2.21. The first-order valence-electron chi connectivity index (χ1n) is 8.47. The third-order valence-electron chi connectivity index (χ3n) is 4.78. The number of carbonyl (C=O) groups excluding carboxylic acids is 1. The van der Waals surface area contributed by atoms with Crippen molar-refractivity contribution in [2.45, 2.75) is 19.8 Å². The van der Waals surface area contributed by atoms with Crippen LogP contribution in [0.5, 0.6) is 0 Å². The lowest BCUT2D eigenvalue weighted by atomic mass is 10.2. The summed E-state index contributed by atoms with van der Waals surface area (Å²) < 4.78 is 0. The molecule has 6 heteroatoms. The highest BCUT2D eigenvalue weighted by Gasteiger charge is 2.31. The van der Waals surface area contributed by atoms with Crippen LogP contribution in [0.2, 0.25) is 0 Å². The van der Waals surface area contributed by atoms with Gasteiger partial charge in [-0.3, -0.25) is 4.79 Å². The molecule has 0 N–H and O–H groups in total. The number of amides is 1. The minimum atomic E-state index is -0.0500. The standard InChI is InChI=1S/C18H21N5O/c1-3-23-16-13(7-6-10-19-16)18(24)21(2)14-8-9-15(20-17(14)23)22-11-4-5-12-22/h6-10H,3-5,11-12H2,1-2H3. The Morgan fingerprint density at radius 3 is 2.67 bits per heavy atom. The van der Waals surface area contributed by atoms with Crippen molar-refractivity contribution in [3.05, 3.63) is 36.0 Å². The minimum absolute atomic E-state index is 0.0500. The van der Waals surface area contributed by atoms with E-state index in [2.05, 4.69) is 16.8 Å². The number of rotatable bonds is 2. The fourth-order valence-electron chi connectivity index (χ4n) is 3.48. The van der Waals surface area contributed by atoms with Crippen molar-refractivity contribution in [2.75, 3.05) is 41.4 Å². The van der Waals surface area contributed by atoms with Crippen LogP contribution < -0.4 is 14.7 Å². The Balaban J connectivity index is 1.89. The van der Waals surface area contributed by atoms with Crippen LogP contribution in [0.15, 0.2) is 30.5 Å². The van der Waals surface area contributed by atoms with Crippen LogP contribution in [-0.2, 0) is 0 Å². The van der Waals surface area contributed by atoms with Crippen molar-refractivity contribution < 1.29 is 4.79 Å². The number of carbonyl (C=O) groups is 1. The molecule has 24 heavy (non-hydrogen) atoms. The number of pyridine rings is 2. The molecule has 4 rings (SSSR count). The topological polar surface area (TPSA) is 52.6 Å². The molecule has 0 aliphatic carbocycles. The normalized spacial score (nSPS) is 16.9. The van der Waals surface area contributed by atoms with Gasteiger partial charge in [0.2, 0.25) is 0 Å². The van der Waals surface area contributed by atoms with Crippen molar-refractivity contribution in [1.82, 2.24) is 9.97 Å². The van der Waals surface area contributed by atoms with E-state index < -0.39 is 0 Å². The molecule has 2 aliphatic rings. The molecule has 2 aromatic heterocycles. The average Bonchev–Trinajstić information content (AvgIpc) is 3.13. The molecule has 0 radical (unpaired) electrons. The summed E-state index contributed by atoms with van der Waals surface area (Å²) in [4.78, 5) is 28.2. The number of hydrogen-bond donors (Lipinski definition) is 0. The molecule has 1 fully saturated rings. The van der Waals surface area contributed by atoms with E-state index in [0.717, 1.165) is 30.4 Å². The quantitative estimate of drug-likeness (QED) is 0.850. The van der Waals surface area contributed by atoms with Crippen molar-refractivity contribution in [3.63, 3.8) is 0 Å². The van der Waals surface area contributed by atoms with E-state index in [9.17, 15) is 4.79 Å². The van der Waals surface area contributed by atoms with Crippen molar-refractivity contribution in [2.24, 2.45) is 0 Å². The van der Waals surface area contributed by atoms with Crippen LogP contribution in [0.3, 0.4) is 0 Å². The zero-order chi connectivity index (χ0) is 16.7. The molecule has 4 heterocycles. The molecule has 2 aliphatic heterocycles. The van der Waals surface area contributed by atoms with Crippen LogP contribution in [0.1, 0.15) is 30.1 Å². The lowest BCUT2D eigenvalue weighted by molar-refractivity contribution is 0.0994. The van der Waals surface area contributed by atoms with E-state index in [1.165, 1.54) is 12.8 Å². The summed E-state index contributed by atoms with van der Waals surface area (Å²) in [7, 11) is 1.80. The summed E-state index contributed by atoms with van der Waals surface area (Å²) in [6.07, 6.45) is 4.14. The predicted molar refractivity (Wildman–Crippen MR) is 95.3 cm³/mol. The van der Waals surface area contributed by atoms with Crippen molar-refractivity contribution in [1.29, 1.82) is 0 Å². The molecule has 1 saturated heterocycles. The van der Waals surface area contributed by atoms with E-state index in [-0.39, 0.29) is 5.91 Å². The maximum Gasteiger partial charge on any atom is 0.261 e. The average molecular weight is 323 g/mol. The molecule has 0 aromatic carbocycles. The summed E-state index contributed by atoms with van der Waals surface area (Å²) in [5.74, 6) is 2.41. The third-order valence-corrected chi connectivity index (χ3v) is 4.78. The van der Waals surface area contributed by atoms with Gasteiger partial charge in [0.15, 0.2) is 5.82 Å². The van der Waals surface area contributed by atoms with E-state index in [0.29, 0.717) is 17.9 Å². The number of aromatic nitrogens is 2. The van der Waals surface area contributed by atoms with Gasteiger partial charge in [-0.05, 0) is 44.0 Å². The van der Waals surface area contributed by atoms with Crippen LogP contribution in [0.25, 0.3) is 0 Å². The van der Waals surface area contributed by atoms with Crippen LogP contribution in [-0.4, -0.2) is 42.6 Å². The molecule has 0 unspecified atom stereocenters. The largest absolute Gasteiger partial charge is 0.357 e. The van der Waals surface area contributed by atoms with E-state index >= 15 is 0 Å². The predicted octanol–water partition coefficient (Wildman–Crippen LogP) is 2.82. The highest BCUT2D eigenvalue weighted by atomic mass is 16.2. The first-order chi connectivity index (χ1) is 11.7. The summed E-state index contributed by atoms with van der Waals surface area (Å²) >= 11 is 0. The van der Waals surface area contributed by atoms with Crippen molar-refractivity contribution >= 4 is 29.0 Å². The van der Waals surface area contributed by atoms with Crippen LogP contribution >= 0.6 is 0 Å². The zero-order valence-electron chi connectivity index (χ0n) is 14.1. The smallest absolute Gasteiger partial charge is 0.261 e. The fraction of sp³-hybridized carbons (Fsp3) is 0.389. The Morgan fingerprint density at radius 2 is 1.92 bits per heavy atom. The first-order valence-corrected chi connectivity index (χ1v) is 8.47. The van der Waals surface area contributed by atoms with Crippen LogP contribution in [0, 0.1) is 0 Å². The monoisotopic (exact) mass is 323 g/mol. The number of hydrogen-bond acceptors (Lipinski definition) is 5. The summed E-state index contributed by atoms with van der Waals surface area (Å²) in [6.45, 7) is 4.85. The fourth-order valence-corrected chi connectivity index (χ4v) is 3.48. The Bertz CT molecular complexity index is 785. The Morgan fingerprint density at radius 1 is 1.12 bits per heavy atom. The van der Waals surface area contributed by atoms with Gasteiger partial charge in [-0.1, -0.05) is 0 Å². The van der Waals surface area contributed by atoms with E-state index in [1.54, 1.807) is 24.2 Å². The van der Waals surface area contributed by atoms with Crippen molar-refractivity contribution in [3.8, 4) is 0 Å². The summed E-state index contributed by atoms with van der Waals surface area (Å²) in [5, 5.41) is 0. The van der Waals surface area contributed by atoms with Gasteiger partial charge in [-0.2, -0.15) is 0 Å². The second kappa shape index (κ2) is 5.78. The lowest BCUT2D eigenvalue weighted by Gasteiger charge is -2.25. The summed E-state index contributed by atoms with van der Waals surface area (Å²) in [5.41, 5.74) is 1.44. The Hall–Kier alpha value is -2.63. The van der Waals surface area contributed by atoms with Gasteiger partial charge in [0.25, 0.3) is 5.91 Å². The molecule has 1 amide bonds. The molecular weight excluding hydrogens is 302 g/mol. The van der Waals surface area contributed by atoms with E-state index in [4.69, 9.17) is 4.98 Å². The molecule has 0 saturated carbocycles. The molecule has 124 valence electrons. The maximum absolute atomic E-state index is 12.8. The highest BCUT2D eigenvalue weighted by Crippen LogP contribution is 2.39. The maximum atomic E-state index is 12.8. The minimum Gasteiger partial charge on any atom is -0.357 e. The summed E-state index contributed by atoms with van der Waals surface area (Å²) in [6, 6.07) is 7.65. The molecule has 0 atom stereocenters. The van der Waals surface area contributed by atoms with Gasteiger partial charge in [-0.15, -0.1) is 0 Å². The van der Waals surface area contributed by atoms with E-state index in [1.807, 2.05) is 23.1 Å².